The predicted molar refractivity (Wildman–Crippen MR) is 72.6 cm³/mol. The van der Waals surface area contributed by atoms with Crippen LogP contribution in [0.2, 0.25) is 0 Å². The van der Waals surface area contributed by atoms with E-state index in [1.807, 2.05) is 13.0 Å². The predicted octanol–water partition coefficient (Wildman–Crippen LogP) is 2.01. The van der Waals surface area contributed by atoms with Crippen LogP contribution >= 0.6 is 0 Å². The largest absolute Gasteiger partial charge is 0.388 e. The summed E-state index contributed by atoms with van der Waals surface area (Å²) in [4.78, 5) is 8.32. The average Bonchev–Trinajstić information content (AvgIpc) is 2.40. The summed E-state index contributed by atoms with van der Waals surface area (Å²) in [5.41, 5.74) is 0.421. The van der Waals surface area contributed by atoms with Crippen molar-refractivity contribution in [2.24, 2.45) is 5.92 Å². The fraction of sp³-hybridized carbons (Fsp3) is 0.643. The summed E-state index contributed by atoms with van der Waals surface area (Å²) in [7, 11) is 0. The van der Waals surface area contributed by atoms with Crippen LogP contribution in [0.15, 0.2) is 6.07 Å². The van der Waals surface area contributed by atoms with Crippen molar-refractivity contribution in [2.75, 3.05) is 11.9 Å². The van der Waals surface area contributed by atoms with E-state index in [9.17, 15) is 5.11 Å². The maximum atomic E-state index is 10.5. The monoisotopic (exact) mass is 260 g/mol. The van der Waals surface area contributed by atoms with E-state index in [1.165, 1.54) is 0 Å². The summed E-state index contributed by atoms with van der Waals surface area (Å²) in [6.45, 7) is 4.48. The fourth-order valence-corrected chi connectivity index (χ4v) is 2.42. The summed E-state index contributed by atoms with van der Waals surface area (Å²) < 4.78 is 0. The Kier molecular flexibility index (Phi) is 4.01. The molecule has 1 aliphatic carbocycles. The number of nitrogens with zero attached hydrogens (tertiary/aromatic N) is 3. The molecular formula is C14H20N4O. The van der Waals surface area contributed by atoms with Crippen molar-refractivity contribution >= 4 is 5.95 Å². The van der Waals surface area contributed by atoms with Gasteiger partial charge in [0.05, 0.1) is 5.60 Å². The number of nitriles is 1. The van der Waals surface area contributed by atoms with Crippen LogP contribution in [-0.2, 0) is 0 Å². The van der Waals surface area contributed by atoms with Crippen LogP contribution in [0, 0.1) is 24.2 Å². The zero-order chi connectivity index (χ0) is 13.9. The molecule has 0 radical (unpaired) electrons. The third-order valence-corrected chi connectivity index (χ3v) is 3.75. The van der Waals surface area contributed by atoms with Crippen molar-refractivity contribution in [1.29, 1.82) is 5.26 Å². The Morgan fingerprint density at radius 2 is 2.16 bits per heavy atom. The number of aliphatic hydroxyl groups is 1. The topological polar surface area (TPSA) is 81.8 Å². The molecule has 0 saturated heterocycles. The van der Waals surface area contributed by atoms with Gasteiger partial charge in [-0.15, -0.1) is 0 Å². The van der Waals surface area contributed by atoms with Crippen molar-refractivity contribution in [2.45, 2.75) is 45.1 Å². The molecule has 0 amide bonds. The van der Waals surface area contributed by atoms with Crippen LogP contribution < -0.4 is 5.32 Å². The molecule has 102 valence electrons. The van der Waals surface area contributed by atoms with E-state index in [4.69, 9.17) is 5.26 Å². The maximum absolute atomic E-state index is 10.5. The summed E-state index contributed by atoms with van der Waals surface area (Å²) in [6.07, 6.45) is 3.71. The second kappa shape index (κ2) is 5.54. The van der Waals surface area contributed by atoms with E-state index in [2.05, 4.69) is 22.2 Å². The van der Waals surface area contributed by atoms with Crippen LogP contribution in [-0.4, -0.2) is 27.2 Å². The molecule has 0 bridgehead atoms. The Morgan fingerprint density at radius 3 is 2.79 bits per heavy atom. The zero-order valence-corrected chi connectivity index (χ0v) is 11.5. The highest BCUT2D eigenvalue weighted by Gasteiger charge is 2.31. The molecule has 0 atom stereocenters. The van der Waals surface area contributed by atoms with E-state index < -0.39 is 5.60 Å². The molecule has 0 aromatic carbocycles. The molecule has 1 heterocycles. The lowest BCUT2D eigenvalue weighted by atomic mass is 9.79. The first-order valence-corrected chi connectivity index (χ1v) is 6.73. The molecule has 1 saturated carbocycles. The SMILES string of the molecule is Cc1cc(C#N)nc(NCC2(O)CCC(C)CC2)n1. The lowest BCUT2D eigenvalue weighted by Crippen LogP contribution is -2.40. The van der Waals surface area contributed by atoms with Gasteiger partial charge < -0.3 is 10.4 Å². The minimum Gasteiger partial charge on any atom is -0.388 e. The number of aromatic nitrogens is 2. The summed E-state index contributed by atoms with van der Waals surface area (Å²) >= 11 is 0. The smallest absolute Gasteiger partial charge is 0.224 e. The van der Waals surface area contributed by atoms with Crippen LogP contribution in [0.5, 0.6) is 0 Å². The highest BCUT2D eigenvalue weighted by molar-refractivity contribution is 5.33. The molecular weight excluding hydrogens is 240 g/mol. The number of nitrogens with one attached hydrogen (secondary N) is 1. The van der Waals surface area contributed by atoms with E-state index in [1.54, 1.807) is 6.07 Å². The van der Waals surface area contributed by atoms with Gasteiger partial charge in [0.25, 0.3) is 0 Å². The Morgan fingerprint density at radius 1 is 1.47 bits per heavy atom. The van der Waals surface area contributed by atoms with Crippen molar-refractivity contribution in [3.63, 3.8) is 0 Å². The molecule has 1 aromatic rings. The first kappa shape index (κ1) is 13.8. The molecule has 1 aromatic heterocycles. The van der Waals surface area contributed by atoms with Crippen LogP contribution in [0.1, 0.15) is 44.0 Å². The molecule has 0 spiro atoms. The standard InChI is InChI=1S/C14H20N4O/c1-10-3-5-14(19,6-4-10)9-16-13-17-11(2)7-12(8-15)18-13/h7,10,19H,3-6,9H2,1-2H3,(H,16,17,18). The second-order valence-electron chi connectivity index (χ2n) is 5.59. The number of hydrogen-bond donors (Lipinski definition) is 2. The second-order valence-corrected chi connectivity index (χ2v) is 5.59. The number of rotatable bonds is 3. The molecule has 5 heteroatoms. The fourth-order valence-electron chi connectivity index (χ4n) is 2.42. The normalized spacial score (nSPS) is 26.7. The number of anilines is 1. The quantitative estimate of drug-likeness (QED) is 0.868. The molecule has 2 rings (SSSR count). The third-order valence-electron chi connectivity index (χ3n) is 3.75. The molecule has 19 heavy (non-hydrogen) atoms. The summed E-state index contributed by atoms with van der Waals surface area (Å²) in [5, 5.41) is 22.4. The van der Waals surface area contributed by atoms with Gasteiger partial charge in [0.2, 0.25) is 5.95 Å². The first-order chi connectivity index (χ1) is 9.00. The molecule has 1 fully saturated rings. The van der Waals surface area contributed by atoms with Crippen molar-refractivity contribution in [1.82, 2.24) is 9.97 Å². The molecule has 5 nitrogen and oxygen atoms in total. The van der Waals surface area contributed by atoms with E-state index in [0.717, 1.165) is 31.4 Å². The van der Waals surface area contributed by atoms with Crippen molar-refractivity contribution in [3.05, 3.63) is 17.5 Å². The van der Waals surface area contributed by atoms with E-state index in [0.29, 0.717) is 24.1 Å². The van der Waals surface area contributed by atoms with Crippen LogP contribution in [0.25, 0.3) is 0 Å². The van der Waals surface area contributed by atoms with E-state index >= 15 is 0 Å². The van der Waals surface area contributed by atoms with Gasteiger partial charge in [0.15, 0.2) is 0 Å². The van der Waals surface area contributed by atoms with Gasteiger partial charge in [0.1, 0.15) is 11.8 Å². The lowest BCUT2D eigenvalue weighted by Gasteiger charge is -2.34. The third kappa shape index (κ3) is 3.65. The number of aryl methyl sites for hydroxylation is 1. The molecule has 2 N–H and O–H groups in total. The first-order valence-electron chi connectivity index (χ1n) is 6.73. The molecule has 0 aliphatic heterocycles. The zero-order valence-electron chi connectivity index (χ0n) is 11.5. The highest BCUT2D eigenvalue weighted by atomic mass is 16.3. The highest BCUT2D eigenvalue weighted by Crippen LogP contribution is 2.31. The molecule has 0 unspecified atom stereocenters. The average molecular weight is 260 g/mol. The van der Waals surface area contributed by atoms with Crippen LogP contribution in [0.3, 0.4) is 0 Å². The Balaban J connectivity index is 1.99. The van der Waals surface area contributed by atoms with Gasteiger partial charge in [-0.25, -0.2) is 9.97 Å². The van der Waals surface area contributed by atoms with Gasteiger partial charge >= 0.3 is 0 Å². The minimum absolute atomic E-state index is 0.347. The Hall–Kier alpha value is -1.67. The van der Waals surface area contributed by atoms with Gasteiger partial charge in [-0.05, 0) is 44.6 Å². The van der Waals surface area contributed by atoms with Crippen molar-refractivity contribution < 1.29 is 5.11 Å². The summed E-state index contributed by atoms with van der Waals surface area (Å²) in [5.74, 6) is 1.12. The van der Waals surface area contributed by atoms with Crippen molar-refractivity contribution in [3.8, 4) is 6.07 Å². The van der Waals surface area contributed by atoms with Gasteiger partial charge in [-0.1, -0.05) is 6.92 Å². The lowest BCUT2D eigenvalue weighted by molar-refractivity contribution is 0.00487. The summed E-state index contributed by atoms with van der Waals surface area (Å²) in [6, 6.07) is 3.65. The number of hydrogen-bond acceptors (Lipinski definition) is 5. The Labute approximate surface area is 113 Å². The Bertz CT molecular complexity index is 487. The van der Waals surface area contributed by atoms with Gasteiger partial charge in [-0.3, -0.25) is 0 Å². The van der Waals surface area contributed by atoms with Gasteiger partial charge in [0, 0.05) is 12.2 Å². The van der Waals surface area contributed by atoms with E-state index in [-0.39, 0.29) is 0 Å². The molecule has 1 aliphatic rings. The van der Waals surface area contributed by atoms with Gasteiger partial charge in [-0.2, -0.15) is 5.26 Å². The minimum atomic E-state index is -0.674. The van der Waals surface area contributed by atoms with Crippen LogP contribution in [0.4, 0.5) is 5.95 Å². The maximum Gasteiger partial charge on any atom is 0.224 e.